The molecule has 0 bridgehead atoms. The van der Waals surface area contributed by atoms with Crippen LogP contribution in [0, 0.1) is 0 Å². The van der Waals surface area contributed by atoms with Gasteiger partial charge >= 0.3 is 12.1 Å². The van der Waals surface area contributed by atoms with Crippen molar-refractivity contribution in [2.75, 3.05) is 13.2 Å². The van der Waals surface area contributed by atoms with Crippen molar-refractivity contribution in [1.29, 1.82) is 0 Å². The van der Waals surface area contributed by atoms with Crippen molar-refractivity contribution in [2.45, 2.75) is 25.9 Å². The molecule has 0 aliphatic heterocycles. The van der Waals surface area contributed by atoms with Crippen LogP contribution in [0.4, 0.5) is 13.2 Å². The first-order valence-electron chi connectivity index (χ1n) is 6.03. The molecule has 0 aliphatic rings. The number of benzene rings is 1. The first-order valence-corrected chi connectivity index (χ1v) is 6.03. The molecule has 0 heterocycles. The van der Waals surface area contributed by atoms with Crippen molar-refractivity contribution >= 4 is 5.97 Å². The lowest BCUT2D eigenvalue weighted by Crippen LogP contribution is -2.14. The van der Waals surface area contributed by atoms with Crippen molar-refractivity contribution < 1.29 is 32.5 Å². The van der Waals surface area contributed by atoms with Gasteiger partial charge in [-0.15, -0.1) is 0 Å². The molecule has 0 aromatic heterocycles. The molecule has 0 atom stereocenters. The maximum atomic E-state index is 12.0. The highest BCUT2D eigenvalue weighted by molar-refractivity contribution is 5.91. The van der Waals surface area contributed by atoms with Crippen molar-refractivity contribution in [3.05, 3.63) is 23.8 Å². The highest BCUT2D eigenvalue weighted by Gasteiger charge is 2.27. The minimum Gasteiger partial charge on any atom is -0.493 e. The zero-order chi connectivity index (χ0) is 15.2. The molecule has 0 saturated heterocycles. The molecule has 0 amide bonds. The third-order valence-electron chi connectivity index (χ3n) is 2.30. The number of ether oxygens (including phenoxy) is 2. The number of alkyl halides is 3. The highest BCUT2D eigenvalue weighted by Crippen LogP contribution is 2.27. The molecule has 0 unspecified atom stereocenters. The van der Waals surface area contributed by atoms with Crippen molar-refractivity contribution in [3.8, 4) is 11.5 Å². The largest absolute Gasteiger partial charge is 0.493 e. The van der Waals surface area contributed by atoms with Gasteiger partial charge in [-0.2, -0.15) is 13.2 Å². The van der Waals surface area contributed by atoms with E-state index in [1.54, 1.807) is 0 Å². The van der Waals surface area contributed by atoms with Crippen LogP contribution < -0.4 is 9.47 Å². The van der Waals surface area contributed by atoms with Crippen molar-refractivity contribution in [1.82, 2.24) is 0 Å². The summed E-state index contributed by atoms with van der Waals surface area (Å²) in [5.74, 6) is -1.04. The zero-order valence-electron chi connectivity index (χ0n) is 10.9. The Morgan fingerprint density at radius 3 is 2.50 bits per heavy atom. The summed E-state index contributed by atoms with van der Waals surface area (Å²) in [4.78, 5) is 11.0. The van der Waals surface area contributed by atoms with E-state index in [1.165, 1.54) is 18.2 Å². The Morgan fingerprint density at radius 1 is 1.25 bits per heavy atom. The Morgan fingerprint density at radius 2 is 1.95 bits per heavy atom. The SMILES string of the molecule is CCCOc1ccc(C(=O)O)c(OCCC(F)(F)F)c1. The molecule has 112 valence electrons. The first kappa shape index (κ1) is 16.1. The van der Waals surface area contributed by atoms with Gasteiger partial charge in [-0.1, -0.05) is 6.92 Å². The van der Waals surface area contributed by atoms with E-state index in [1.807, 2.05) is 6.92 Å². The quantitative estimate of drug-likeness (QED) is 0.835. The maximum Gasteiger partial charge on any atom is 0.392 e. The lowest BCUT2D eigenvalue weighted by atomic mass is 10.2. The Balaban J connectivity index is 2.80. The average molecular weight is 292 g/mol. The van der Waals surface area contributed by atoms with E-state index in [4.69, 9.17) is 14.6 Å². The predicted octanol–water partition coefficient (Wildman–Crippen LogP) is 3.50. The van der Waals surface area contributed by atoms with E-state index in [0.29, 0.717) is 12.4 Å². The van der Waals surface area contributed by atoms with Gasteiger partial charge < -0.3 is 14.6 Å². The predicted molar refractivity (Wildman–Crippen MR) is 65.4 cm³/mol. The van der Waals surface area contributed by atoms with Gasteiger partial charge in [-0.25, -0.2) is 4.79 Å². The molecule has 1 aromatic carbocycles. The minimum absolute atomic E-state index is 0.129. The first-order chi connectivity index (χ1) is 9.33. The Labute approximate surface area is 114 Å². The molecule has 1 aromatic rings. The third-order valence-corrected chi connectivity index (χ3v) is 2.30. The number of rotatable bonds is 7. The zero-order valence-corrected chi connectivity index (χ0v) is 10.9. The van der Waals surface area contributed by atoms with Gasteiger partial charge in [0.2, 0.25) is 0 Å². The summed E-state index contributed by atoms with van der Waals surface area (Å²) in [6.45, 7) is 1.68. The molecule has 1 N–H and O–H groups in total. The van der Waals surface area contributed by atoms with E-state index in [9.17, 15) is 18.0 Å². The van der Waals surface area contributed by atoms with Gasteiger partial charge in [0.05, 0.1) is 19.6 Å². The number of carboxylic acids is 1. The monoisotopic (exact) mass is 292 g/mol. The molecular formula is C13H15F3O4. The number of carbonyl (C=O) groups is 1. The van der Waals surface area contributed by atoms with Crippen LogP contribution in [0.25, 0.3) is 0 Å². The molecule has 0 spiro atoms. The highest BCUT2D eigenvalue weighted by atomic mass is 19.4. The molecule has 20 heavy (non-hydrogen) atoms. The summed E-state index contributed by atoms with van der Waals surface area (Å²) < 4.78 is 46.3. The van der Waals surface area contributed by atoms with Crippen LogP contribution in [-0.4, -0.2) is 30.5 Å². The summed E-state index contributed by atoms with van der Waals surface area (Å²) in [6, 6.07) is 3.97. The van der Waals surface area contributed by atoms with Gasteiger partial charge in [0.25, 0.3) is 0 Å². The number of hydrogen-bond donors (Lipinski definition) is 1. The Kier molecular flexibility index (Phi) is 5.66. The van der Waals surface area contributed by atoms with E-state index in [-0.39, 0.29) is 11.3 Å². The van der Waals surface area contributed by atoms with E-state index < -0.39 is 25.2 Å². The number of halogens is 3. The summed E-state index contributed by atoms with van der Waals surface area (Å²) in [7, 11) is 0. The molecule has 7 heteroatoms. The van der Waals surface area contributed by atoms with Gasteiger partial charge in [-0.05, 0) is 18.6 Å². The Hall–Kier alpha value is -1.92. The van der Waals surface area contributed by atoms with Crippen LogP contribution in [-0.2, 0) is 0 Å². The smallest absolute Gasteiger partial charge is 0.392 e. The topological polar surface area (TPSA) is 55.8 Å². The fourth-order valence-electron chi connectivity index (χ4n) is 1.39. The number of hydrogen-bond acceptors (Lipinski definition) is 3. The molecule has 1 rings (SSSR count). The lowest BCUT2D eigenvalue weighted by Gasteiger charge is -2.12. The van der Waals surface area contributed by atoms with Crippen molar-refractivity contribution in [3.63, 3.8) is 0 Å². The van der Waals surface area contributed by atoms with Crippen LogP contribution in [0.2, 0.25) is 0 Å². The second kappa shape index (κ2) is 7.02. The van der Waals surface area contributed by atoms with Gasteiger partial charge in [-0.3, -0.25) is 0 Å². The summed E-state index contributed by atoms with van der Waals surface area (Å²) >= 11 is 0. The summed E-state index contributed by atoms with van der Waals surface area (Å²) in [5.41, 5.74) is -0.198. The minimum atomic E-state index is -4.35. The molecule has 4 nitrogen and oxygen atoms in total. The summed E-state index contributed by atoms with van der Waals surface area (Å²) in [5, 5.41) is 8.95. The normalized spacial score (nSPS) is 11.2. The number of carboxylic acid groups (broad SMARTS) is 1. The van der Waals surface area contributed by atoms with Crippen LogP contribution in [0.1, 0.15) is 30.1 Å². The fraction of sp³-hybridized carbons (Fsp3) is 0.462. The fourth-order valence-corrected chi connectivity index (χ4v) is 1.39. The summed E-state index contributed by atoms with van der Waals surface area (Å²) in [6.07, 6.45) is -4.74. The van der Waals surface area contributed by atoms with Gasteiger partial charge in [0, 0.05) is 6.07 Å². The van der Waals surface area contributed by atoms with Crippen LogP contribution >= 0.6 is 0 Å². The second-order valence-corrected chi connectivity index (χ2v) is 4.03. The van der Waals surface area contributed by atoms with Crippen molar-refractivity contribution in [2.24, 2.45) is 0 Å². The second-order valence-electron chi connectivity index (χ2n) is 4.03. The molecule has 0 fully saturated rings. The average Bonchev–Trinajstić information content (AvgIpc) is 2.34. The van der Waals surface area contributed by atoms with Crippen LogP contribution in [0.15, 0.2) is 18.2 Å². The van der Waals surface area contributed by atoms with Crippen LogP contribution in [0.3, 0.4) is 0 Å². The Bertz CT molecular complexity index is 457. The molecule has 0 aliphatic carbocycles. The molecule has 0 radical (unpaired) electrons. The van der Waals surface area contributed by atoms with E-state index >= 15 is 0 Å². The van der Waals surface area contributed by atoms with Gasteiger partial charge in [0.15, 0.2) is 0 Å². The van der Waals surface area contributed by atoms with E-state index in [2.05, 4.69) is 0 Å². The third kappa shape index (κ3) is 5.38. The van der Waals surface area contributed by atoms with E-state index in [0.717, 1.165) is 6.42 Å². The lowest BCUT2D eigenvalue weighted by molar-refractivity contribution is -0.139. The maximum absolute atomic E-state index is 12.0. The van der Waals surface area contributed by atoms with Gasteiger partial charge in [0.1, 0.15) is 17.1 Å². The molecule has 0 saturated carbocycles. The standard InChI is InChI=1S/C13H15F3O4/c1-2-6-19-9-3-4-10(12(17)18)11(8-9)20-7-5-13(14,15)16/h3-4,8H,2,5-7H2,1H3,(H,17,18). The van der Waals surface area contributed by atoms with Crippen LogP contribution in [0.5, 0.6) is 11.5 Å². The molecular weight excluding hydrogens is 277 g/mol. The number of aromatic carboxylic acids is 1.